The lowest BCUT2D eigenvalue weighted by Crippen LogP contribution is -2.52. The van der Waals surface area contributed by atoms with E-state index in [9.17, 15) is 0 Å². The second-order valence-corrected chi connectivity index (χ2v) is 2.08. The molecule has 0 aromatic carbocycles. The molecule has 5 N–H and O–H groups in total. The number of rotatable bonds is 4. The van der Waals surface area contributed by atoms with E-state index in [2.05, 4.69) is 12.2 Å². The van der Waals surface area contributed by atoms with Crippen molar-refractivity contribution in [2.24, 2.45) is 11.7 Å². The highest BCUT2D eigenvalue weighted by atomic mass is 15.6. The summed E-state index contributed by atoms with van der Waals surface area (Å²) in [5.74, 6) is 10.5. The molecule has 0 saturated carbocycles. The molecule has 0 heterocycles. The average Bonchev–Trinajstić information content (AvgIpc) is 1.82. The molecule has 4 nitrogen and oxygen atoms in total. The van der Waals surface area contributed by atoms with Crippen molar-refractivity contribution in [2.75, 3.05) is 6.54 Å². The second kappa shape index (κ2) is 4.69. The Balaban J connectivity index is 3.16. The van der Waals surface area contributed by atoms with Gasteiger partial charge in [-0.05, 0) is 19.9 Å². The normalized spacial score (nSPS) is 14.3. The van der Waals surface area contributed by atoms with E-state index in [1.165, 1.54) is 0 Å². The molecule has 0 aromatic rings. The van der Waals surface area contributed by atoms with E-state index in [1.807, 2.05) is 6.92 Å². The molecule has 0 amide bonds. The van der Waals surface area contributed by atoms with Crippen LogP contribution in [-0.4, -0.2) is 17.8 Å². The molecule has 1 unspecified atom stereocenters. The van der Waals surface area contributed by atoms with Gasteiger partial charge in [0.25, 0.3) is 0 Å². The summed E-state index contributed by atoms with van der Waals surface area (Å²) in [7, 11) is 0. The van der Waals surface area contributed by atoms with E-state index >= 15 is 0 Å². The third kappa shape index (κ3) is 4.35. The molecule has 1 atom stereocenters. The van der Waals surface area contributed by atoms with Crippen LogP contribution in [0.3, 0.4) is 0 Å². The van der Waals surface area contributed by atoms with Crippen molar-refractivity contribution in [2.45, 2.75) is 26.4 Å². The zero-order valence-corrected chi connectivity index (χ0v) is 6.09. The van der Waals surface area contributed by atoms with Crippen LogP contribution in [0.2, 0.25) is 0 Å². The van der Waals surface area contributed by atoms with Gasteiger partial charge in [-0.3, -0.25) is 17.0 Å². The minimum Gasteiger partial charge on any atom is -0.300 e. The predicted molar refractivity (Wildman–Crippen MR) is 38.0 cm³/mol. The average molecular weight is 132 g/mol. The number of hydrazine groups is 2. The topological polar surface area (TPSA) is 67.3 Å². The van der Waals surface area contributed by atoms with Gasteiger partial charge in [-0.25, -0.2) is 0 Å². The molecule has 0 spiro atoms. The highest BCUT2D eigenvalue weighted by molar-refractivity contribution is 4.51. The zero-order chi connectivity index (χ0) is 7.28. The fourth-order valence-corrected chi connectivity index (χ4v) is 0.459. The first-order chi connectivity index (χ1) is 4.18. The first kappa shape index (κ1) is 8.84. The van der Waals surface area contributed by atoms with Crippen molar-refractivity contribution in [3.05, 3.63) is 0 Å². The maximum Gasteiger partial charge on any atom is 0.0857 e. The lowest BCUT2D eigenvalue weighted by Gasteiger charge is -2.19. The SMILES string of the molecule is CCCNC(C)N(N)N. The summed E-state index contributed by atoms with van der Waals surface area (Å²) in [6.45, 7) is 4.96. The van der Waals surface area contributed by atoms with Crippen molar-refractivity contribution in [1.82, 2.24) is 10.4 Å². The molecule has 0 aliphatic carbocycles. The number of nitrogens with two attached hydrogens (primary N) is 2. The molecular formula is C5H16N4. The third-order valence-corrected chi connectivity index (χ3v) is 1.14. The summed E-state index contributed by atoms with van der Waals surface area (Å²) < 4.78 is 0. The number of nitrogens with one attached hydrogen (secondary N) is 1. The van der Waals surface area contributed by atoms with E-state index in [0.29, 0.717) is 0 Å². The van der Waals surface area contributed by atoms with E-state index < -0.39 is 0 Å². The van der Waals surface area contributed by atoms with Gasteiger partial charge in [0.1, 0.15) is 0 Å². The van der Waals surface area contributed by atoms with Gasteiger partial charge in [0.2, 0.25) is 0 Å². The maximum absolute atomic E-state index is 5.23. The van der Waals surface area contributed by atoms with Crippen LogP contribution in [0.25, 0.3) is 0 Å². The second-order valence-electron chi connectivity index (χ2n) is 2.08. The van der Waals surface area contributed by atoms with Crippen LogP contribution >= 0.6 is 0 Å². The molecule has 0 saturated heterocycles. The Labute approximate surface area is 56.1 Å². The number of hydrogen-bond acceptors (Lipinski definition) is 4. The summed E-state index contributed by atoms with van der Waals surface area (Å²) in [6.07, 6.45) is 1.16. The largest absolute Gasteiger partial charge is 0.300 e. The van der Waals surface area contributed by atoms with E-state index in [-0.39, 0.29) is 6.17 Å². The van der Waals surface area contributed by atoms with E-state index in [0.717, 1.165) is 18.1 Å². The first-order valence-electron chi connectivity index (χ1n) is 3.20. The Morgan fingerprint density at radius 1 is 1.56 bits per heavy atom. The Kier molecular flexibility index (Phi) is 4.61. The van der Waals surface area contributed by atoms with Gasteiger partial charge in [-0.2, -0.15) is 5.12 Å². The minimum absolute atomic E-state index is 0.0601. The van der Waals surface area contributed by atoms with Crippen molar-refractivity contribution in [3.63, 3.8) is 0 Å². The molecule has 0 radical (unpaired) electrons. The smallest absolute Gasteiger partial charge is 0.0857 e. The monoisotopic (exact) mass is 132 g/mol. The van der Waals surface area contributed by atoms with Gasteiger partial charge < -0.3 is 0 Å². The van der Waals surface area contributed by atoms with Gasteiger partial charge >= 0.3 is 0 Å². The number of nitrogens with zero attached hydrogens (tertiary/aromatic N) is 1. The highest BCUT2D eigenvalue weighted by Crippen LogP contribution is 1.79. The summed E-state index contributed by atoms with van der Waals surface area (Å²) in [5.41, 5.74) is 0. The molecule has 9 heavy (non-hydrogen) atoms. The maximum atomic E-state index is 5.23. The van der Waals surface area contributed by atoms with Gasteiger partial charge in [0.05, 0.1) is 6.17 Å². The fraction of sp³-hybridized carbons (Fsp3) is 1.00. The molecule has 0 rings (SSSR count). The standard InChI is InChI=1S/C5H16N4/c1-3-4-8-5(2)9(6)7/h5,8H,3-4,6-7H2,1-2H3. The molecule has 0 aromatic heterocycles. The van der Waals surface area contributed by atoms with Crippen LogP contribution in [0, 0.1) is 0 Å². The summed E-state index contributed by atoms with van der Waals surface area (Å²) >= 11 is 0. The fourth-order valence-electron chi connectivity index (χ4n) is 0.459. The van der Waals surface area contributed by atoms with Crippen LogP contribution in [0.5, 0.6) is 0 Å². The van der Waals surface area contributed by atoms with Crippen LogP contribution in [0.1, 0.15) is 20.3 Å². The highest BCUT2D eigenvalue weighted by Gasteiger charge is 2.00. The summed E-state index contributed by atoms with van der Waals surface area (Å²) in [5, 5.41) is 4.27. The molecule has 0 fully saturated rings. The van der Waals surface area contributed by atoms with Gasteiger partial charge in [-0.1, -0.05) is 6.92 Å². The predicted octanol–water partition coefficient (Wildman–Crippen LogP) is -0.619. The molecular weight excluding hydrogens is 116 g/mol. The lowest BCUT2D eigenvalue weighted by molar-refractivity contribution is 0.186. The van der Waals surface area contributed by atoms with Crippen molar-refractivity contribution < 1.29 is 0 Å². The van der Waals surface area contributed by atoms with Crippen molar-refractivity contribution in [1.29, 1.82) is 0 Å². The Morgan fingerprint density at radius 3 is 2.44 bits per heavy atom. The van der Waals surface area contributed by atoms with E-state index in [1.54, 1.807) is 0 Å². The zero-order valence-electron chi connectivity index (χ0n) is 6.09. The quantitative estimate of drug-likeness (QED) is 0.271. The Morgan fingerprint density at radius 2 is 2.11 bits per heavy atom. The first-order valence-corrected chi connectivity index (χ1v) is 3.20. The summed E-state index contributed by atoms with van der Waals surface area (Å²) in [6, 6.07) is 0. The van der Waals surface area contributed by atoms with Crippen LogP contribution in [0.15, 0.2) is 0 Å². The van der Waals surface area contributed by atoms with Crippen molar-refractivity contribution >= 4 is 0 Å². The van der Waals surface area contributed by atoms with Gasteiger partial charge in [-0.15, -0.1) is 0 Å². The van der Waals surface area contributed by atoms with Crippen LogP contribution in [0.4, 0.5) is 0 Å². The van der Waals surface area contributed by atoms with Gasteiger partial charge in [0.15, 0.2) is 0 Å². The summed E-state index contributed by atoms with van der Waals surface area (Å²) in [4.78, 5) is 0. The molecule has 0 bridgehead atoms. The van der Waals surface area contributed by atoms with Gasteiger partial charge in [0, 0.05) is 0 Å². The minimum atomic E-state index is 0.0601. The van der Waals surface area contributed by atoms with Crippen LogP contribution in [-0.2, 0) is 0 Å². The van der Waals surface area contributed by atoms with Crippen LogP contribution < -0.4 is 17.0 Å². The molecule has 0 aliphatic rings. The van der Waals surface area contributed by atoms with E-state index in [4.69, 9.17) is 11.7 Å². The molecule has 0 aliphatic heterocycles. The Hall–Kier alpha value is -0.160. The Bertz CT molecular complexity index is 64.0. The van der Waals surface area contributed by atoms with Crippen molar-refractivity contribution in [3.8, 4) is 0 Å². The number of hydrogen-bond donors (Lipinski definition) is 3. The molecule has 56 valence electrons. The molecule has 4 heteroatoms. The lowest BCUT2D eigenvalue weighted by atomic mass is 10.4. The third-order valence-electron chi connectivity index (χ3n) is 1.14.